The largest absolute Gasteiger partial charge is 0.451 e. The summed E-state index contributed by atoms with van der Waals surface area (Å²) in [7, 11) is 0. The maximum absolute atomic E-state index is 12.1. The number of benzene rings is 1. The lowest BCUT2D eigenvalue weighted by molar-refractivity contribution is -0.125. The number of fused-ring (bicyclic) bond motifs is 1. The molecule has 0 spiro atoms. The monoisotopic (exact) mass is 343 g/mol. The van der Waals surface area contributed by atoms with E-state index in [1.54, 1.807) is 0 Å². The summed E-state index contributed by atoms with van der Waals surface area (Å²) in [6.45, 7) is -0.494. The second kappa shape index (κ2) is 7.16. The van der Waals surface area contributed by atoms with E-state index in [0.29, 0.717) is 0 Å². The van der Waals surface area contributed by atoms with Crippen LogP contribution in [0.1, 0.15) is 40.5 Å². The molecule has 0 unspecified atom stereocenters. The van der Waals surface area contributed by atoms with Crippen molar-refractivity contribution in [3.05, 3.63) is 68.0 Å². The van der Waals surface area contributed by atoms with Gasteiger partial charge in [0, 0.05) is 6.07 Å². The number of aromatic amines is 2. The number of amides is 1. The Balaban J connectivity index is 1.59. The van der Waals surface area contributed by atoms with Crippen molar-refractivity contribution in [3.63, 3.8) is 0 Å². The highest BCUT2D eigenvalue weighted by molar-refractivity contribution is 5.89. The minimum absolute atomic E-state index is 0.115. The fourth-order valence-electron chi connectivity index (χ4n) is 2.93. The summed E-state index contributed by atoms with van der Waals surface area (Å²) >= 11 is 0. The van der Waals surface area contributed by atoms with Crippen LogP contribution >= 0.6 is 0 Å². The number of aryl methyl sites for hydroxylation is 1. The number of aromatic nitrogens is 2. The molecule has 3 rings (SSSR count). The summed E-state index contributed by atoms with van der Waals surface area (Å²) in [6, 6.07) is 8.69. The zero-order valence-corrected chi connectivity index (χ0v) is 13.3. The van der Waals surface area contributed by atoms with E-state index in [9.17, 15) is 19.2 Å². The smallest absolute Gasteiger partial charge is 0.355 e. The van der Waals surface area contributed by atoms with E-state index in [1.807, 2.05) is 29.2 Å². The number of hydrogen-bond donors (Lipinski definition) is 3. The van der Waals surface area contributed by atoms with Crippen LogP contribution in [0.5, 0.6) is 0 Å². The third-order valence-electron chi connectivity index (χ3n) is 4.02. The SMILES string of the molecule is O=C(COC(=O)c1cc(=O)[nH]c(=O)[nH]1)N[C@@H]1CCCc2ccccc21. The van der Waals surface area contributed by atoms with Gasteiger partial charge >= 0.3 is 11.7 Å². The first kappa shape index (κ1) is 16.7. The number of esters is 1. The Labute approximate surface area is 142 Å². The number of hydrogen-bond acceptors (Lipinski definition) is 5. The molecule has 1 aromatic carbocycles. The first-order valence-corrected chi connectivity index (χ1v) is 7.91. The average molecular weight is 343 g/mol. The molecular formula is C17H17N3O5. The Morgan fingerprint density at radius 3 is 2.80 bits per heavy atom. The predicted molar refractivity (Wildman–Crippen MR) is 88.2 cm³/mol. The molecule has 25 heavy (non-hydrogen) atoms. The van der Waals surface area contributed by atoms with Crippen LogP contribution < -0.4 is 16.6 Å². The second-order valence-electron chi connectivity index (χ2n) is 5.79. The molecule has 0 aliphatic heterocycles. The van der Waals surface area contributed by atoms with E-state index in [-0.39, 0.29) is 11.7 Å². The Morgan fingerprint density at radius 1 is 1.20 bits per heavy atom. The quantitative estimate of drug-likeness (QED) is 0.695. The highest BCUT2D eigenvalue weighted by Gasteiger charge is 2.22. The maximum atomic E-state index is 12.1. The van der Waals surface area contributed by atoms with Crippen molar-refractivity contribution >= 4 is 11.9 Å². The second-order valence-corrected chi connectivity index (χ2v) is 5.79. The first-order chi connectivity index (χ1) is 12.0. The zero-order chi connectivity index (χ0) is 17.8. The van der Waals surface area contributed by atoms with Gasteiger partial charge in [-0.05, 0) is 30.4 Å². The molecule has 0 radical (unpaired) electrons. The van der Waals surface area contributed by atoms with Gasteiger partial charge in [-0.3, -0.25) is 14.6 Å². The highest BCUT2D eigenvalue weighted by atomic mass is 16.5. The molecule has 0 saturated heterocycles. The van der Waals surface area contributed by atoms with Gasteiger partial charge in [-0.25, -0.2) is 9.59 Å². The van der Waals surface area contributed by atoms with Crippen LogP contribution in [0.2, 0.25) is 0 Å². The molecule has 1 atom stereocenters. The molecule has 1 amide bonds. The fraction of sp³-hybridized carbons (Fsp3) is 0.294. The van der Waals surface area contributed by atoms with E-state index in [1.165, 1.54) is 5.56 Å². The number of ether oxygens (including phenoxy) is 1. The van der Waals surface area contributed by atoms with Gasteiger partial charge in [-0.2, -0.15) is 0 Å². The molecule has 1 aliphatic carbocycles. The van der Waals surface area contributed by atoms with Crippen molar-refractivity contribution in [2.45, 2.75) is 25.3 Å². The van der Waals surface area contributed by atoms with E-state index in [2.05, 4.69) is 10.3 Å². The summed E-state index contributed by atoms with van der Waals surface area (Å²) in [4.78, 5) is 50.3. The van der Waals surface area contributed by atoms with Crippen molar-refractivity contribution in [2.24, 2.45) is 0 Å². The highest BCUT2D eigenvalue weighted by Crippen LogP contribution is 2.29. The summed E-state index contributed by atoms with van der Waals surface area (Å²) in [5, 5.41) is 2.85. The van der Waals surface area contributed by atoms with Gasteiger partial charge in [0.2, 0.25) is 0 Å². The molecular weight excluding hydrogens is 326 g/mol. The van der Waals surface area contributed by atoms with Gasteiger partial charge < -0.3 is 15.0 Å². The lowest BCUT2D eigenvalue weighted by Crippen LogP contribution is -2.34. The maximum Gasteiger partial charge on any atom is 0.355 e. The normalized spacial score (nSPS) is 15.9. The Morgan fingerprint density at radius 2 is 2.00 bits per heavy atom. The predicted octanol–water partition coefficient (Wildman–Crippen LogP) is 0.414. The summed E-state index contributed by atoms with van der Waals surface area (Å²) in [5.41, 5.74) is 0.440. The number of rotatable bonds is 4. The van der Waals surface area contributed by atoms with Crippen molar-refractivity contribution in [1.82, 2.24) is 15.3 Å². The first-order valence-electron chi connectivity index (χ1n) is 7.91. The molecule has 3 N–H and O–H groups in total. The van der Waals surface area contributed by atoms with E-state index >= 15 is 0 Å². The molecule has 0 saturated carbocycles. The third-order valence-corrected chi connectivity index (χ3v) is 4.02. The molecule has 2 aromatic rings. The van der Waals surface area contributed by atoms with Gasteiger partial charge in [-0.15, -0.1) is 0 Å². The molecule has 0 fully saturated rings. The zero-order valence-electron chi connectivity index (χ0n) is 13.3. The molecule has 130 valence electrons. The van der Waals surface area contributed by atoms with Crippen LogP contribution in [0, 0.1) is 0 Å². The minimum Gasteiger partial charge on any atom is -0.451 e. The van der Waals surface area contributed by atoms with Crippen molar-refractivity contribution < 1.29 is 14.3 Å². The third kappa shape index (κ3) is 4.03. The van der Waals surface area contributed by atoms with Gasteiger partial charge in [0.05, 0.1) is 6.04 Å². The molecule has 1 aromatic heterocycles. The van der Waals surface area contributed by atoms with Crippen LogP contribution in [0.25, 0.3) is 0 Å². The van der Waals surface area contributed by atoms with Crippen molar-refractivity contribution in [2.75, 3.05) is 6.61 Å². The van der Waals surface area contributed by atoms with Crippen LogP contribution in [-0.2, 0) is 16.0 Å². The van der Waals surface area contributed by atoms with Gasteiger partial charge in [-0.1, -0.05) is 24.3 Å². The Kier molecular flexibility index (Phi) is 4.78. The summed E-state index contributed by atoms with van der Waals surface area (Å²) in [6.07, 6.45) is 2.77. The van der Waals surface area contributed by atoms with Crippen LogP contribution in [0.3, 0.4) is 0 Å². The van der Waals surface area contributed by atoms with Gasteiger partial charge in [0.15, 0.2) is 6.61 Å². The van der Waals surface area contributed by atoms with Crippen molar-refractivity contribution in [3.8, 4) is 0 Å². The topological polar surface area (TPSA) is 121 Å². The molecule has 8 heteroatoms. The lowest BCUT2D eigenvalue weighted by atomic mass is 9.88. The lowest BCUT2D eigenvalue weighted by Gasteiger charge is -2.26. The van der Waals surface area contributed by atoms with Crippen molar-refractivity contribution in [1.29, 1.82) is 0 Å². The minimum atomic E-state index is -0.942. The van der Waals surface area contributed by atoms with Gasteiger partial charge in [0.1, 0.15) is 5.69 Å². The Hall–Kier alpha value is -3.16. The number of nitrogens with one attached hydrogen (secondary N) is 3. The standard InChI is InChI=1S/C17H17N3O5/c21-14-8-13(19-17(24)20-14)16(23)25-9-15(22)18-12-7-3-5-10-4-1-2-6-11(10)12/h1-2,4,6,8,12H,3,5,7,9H2,(H,18,22)(H2,19,20,21,24)/t12-/m1/s1. The summed E-state index contributed by atoms with van der Waals surface area (Å²) < 4.78 is 4.86. The fourth-order valence-corrected chi connectivity index (χ4v) is 2.93. The van der Waals surface area contributed by atoms with E-state index < -0.39 is 29.7 Å². The van der Waals surface area contributed by atoms with E-state index in [4.69, 9.17) is 4.74 Å². The molecule has 8 nitrogen and oxygen atoms in total. The molecule has 1 heterocycles. The summed E-state index contributed by atoms with van der Waals surface area (Å²) in [5.74, 6) is -1.38. The van der Waals surface area contributed by atoms with Crippen LogP contribution in [0.15, 0.2) is 39.9 Å². The average Bonchev–Trinajstić information content (AvgIpc) is 2.59. The molecule has 1 aliphatic rings. The van der Waals surface area contributed by atoms with E-state index in [0.717, 1.165) is 30.9 Å². The number of carbonyl (C=O) groups excluding carboxylic acids is 2. The molecule has 0 bridgehead atoms. The van der Waals surface area contributed by atoms with Crippen LogP contribution in [-0.4, -0.2) is 28.5 Å². The van der Waals surface area contributed by atoms with Gasteiger partial charge in [0.25, 0.3) is 11.5 Å². The number of carbonyl (C=O) groups is 2. The van der Waals surface area contributed by atoms with Crippen LogP contribution in [0.4, 0.5) is 0 Å². The number of H-pyrrole nitrogens is 2. The Bertz CT molecular complexity index is 886.